The van der Waals surface area contributed by atoms with Crippen LogP contribution in [0.4, 0.5) is 0 Å². The molecule has 3 aliphatic rings. The highest BCUT2D eigenvalue weighted by atomic mass is 16.8. The number of rotatable bonds is 15. The number of ether oxygens (including phenoxy) is 9. The Kier molecular flexibility index (Phi) is 13.4. The molecule has 3 aliphatic heterocycles. The number of carbonyl (C=O) groups is 4. The topological polar surface area (TPSA) is 151 Å². The molecule has 13 heteroatoms. The van der Waals surface area contributed by atoms with Gasteiger partial charge in [0.1, 0.15) is 24.4 Å². The normalized spacial score (nSPS) is 31.1. The van der Waals surface area contributed by atoms with Crippen molar-refractivity contribution in [3.63, 3.8) is 0 Å². The minimum Gasteiger partial charge on any atom is -0.465 e. The van der Waals surface area contributed by atoms with Crippen molar-refractivity contribution in [2.45, 2.75) is 116 Å². The molecule has 0 saturated carbocycles. The lowest BCUT2D eigenvalue weighted by Gasteiger charge is -2.48. The molecular formula is C39H50O13. The fraction of sp³-hybridized carbons (Fsp3) is 0.590. The van der Waals surface area contributed by atoms with Crippen LogP contribution >= 0.6 is 0 Å². The van der Waals surface area contributed by atoms with E-state index >= 15 is 0 Å². The molecule has 3 heterocycles. The summed E-state index contributed by atoms with van der Waals surface area (Å²) in [6.45, 7) is 8.76. The van der Waals surface area contributed by atoms with Crippen molar-refractivity contribution in [1.82, 2.24) is 0 Å². The van der Waals surface area contributed by atoms with Gasteiger partial charge < -0.3 is 42.6 Å². The Morgan fingerprint density at radius 3 is 2.08 bits per heavy atom. The van der Waals surface area contributed by atoms with Crippen LogP contribution in [0, 0.1) is 17.8 Å². The molecule has 2 aromatic carbocycles. The number of carbonyl (C=O) groups excluding carboxylic acids is 4. The second-order valence-corrected chi connectivity index (χ2v) is 13.7. The maximum absolute atomic E-state index is 13.7. The zero-order valence-electron chi connectivity index (χ0n) is 30.6. The van der Waals surface area contributed by atoms with Crippen molar-refractivity contribution in [3.05, 3.63) is 71.8 Å². The van der Waals surface area contributed by atoms with Crippen molar-refractivity contribution < 1.29 is 61.8 Å². The Bertz CT molecular complexity index is 1500. The van der Waals surface area contributed by atoms with E-state index in [2.05, 4.69) is 6.92 Å². The standard InChI is InChI=1S/C39H50O13/c1-7-30(48-25(4)40)36(49-26(5)41)35-29-18-33(42)50-31(29)19-39(52-35,38(43)44-6)47-22-32-23(2)24(3)34(45-20-27-14-10-8-11-15-27)37(51-32)46-21-28-16-12-9-13-17-28/h8-17,23-24,29-32,34-37H,7,18-22H2,1-6H3/t23-,24-,29+,30+,31+,32?,34?,35?,36+,37-,39+/m0/s1. The number of methoxy groups -OCH3 is 1. The fourth-order valence-corrected chi connectivity index (χ4v) is 7.21. The summed E-state index contributed by atoms with van der Waals surface area (Å²) in [5.74, 6) is -5.60. The molecule has 284 valence electrons. The molecule has 52 heavy (non-hydrogen) atoms. The van der Waals surface area contributed by atoms with Crippen LogP contribution in [-0.2, 0) is 75.0 Å². The summed E-state index contributed by atoms with van der Waals surface area (Å²) in [5.41, 5.74) is 1.97. The summed E-state index contributed by atoms with van der Waals surface area (Å²) in [4.78, 5) is 50.8. The van der Waals surface area contributed by atoms with Crippen LogP contribution in [0.25, 0.3) is 0 Å². The minimum absolute atomic E-state index is 0.0635. The van der Waals surface area contributed by atoms with E-state index in [9.17, 15) is 19.2 Å². The van der Waals surface area contributed by atoms with Gasteiger partial charge >= 0.3 is 23.9 Å². The number of benzene rings is 2. The second-order valence-electron chi connectivity index (χ2n) is 13.7. The predicted molar refractivity (Wildman–Crippen MR) is 183 cm³/mol. The Hall–Kier alpha value is -3.88. The highest BCUT2D eigenvalue weighted by molar-refractivity contribution is 5.79. The first-order chi connectivity index (χ1) is 24.9. The molecule has 0 spiro atoms. The van der Waals surface area contributed by atoms with E-state index in [0.29, 0.717) is 6.61 Å². The molecular weight excluding hydrogens is 676 g/mol. The number of hydrogen-bond donors (Lipinski definition) is 0. The van der Waals surface area contributed by atoms with Crippen LogP contribution in [0.3, 0.4) is 0 Å². The summed E-state index contributed by atoms with van der Waals surface area (Å²) in [7, 11) is 1.19. The van der Waals surface area contributed by atoms with Gasteiger partial charge in [0.25, 0.3) is 5.79 Å². The molecule has 5 rings (SSSR count). The van der Waals surface area contributed by atoms with Gasteiger partial charge in [0.2, 0.25) is 0 Å². The summed E-state index contributed by atoms with van der Waals surface area (Å²) >= 11 is 0. The minimum atomic E-state index is -2.09. The van der Waals surface area contributed by atoms with E-state index in [-0.39, 0.29) is 44.3 Å². The van der Waals surface area contributed by atoms with Crippen molar-refractivity contribution in [1.29, 1.82) is 0 Å². The van der Waals surface area contributed by atoms with E-state index < -0.39 is 78.5 Å². The van der Waals surface area contributed by atoms with Crippen LogP contribution in [0.5, 0.6) is 0 Å². The van der Waals surface area contributed by atoms with Crippen LogP contribution in [-0.4, -0.2) is 86.3 Å². The molecule has 0 bridgehead atoms. The molecule has 2 aromatic rings. The highest BCUT2D eigenvalue weighted by Gasteiger charge is 2.61. The first-order valence-electron chi connectivity index (χ1n) is 17.8. The maximum Gasteiger partial charge on any atom is 0.366 e. The maximum atomic E-state index is 13.7. The summed E-state index contributed by atoms with van der Waals surface area (Å²) < 4.78 is 54.4. The molecule has 0 N–H and O–H groups in total. The van der Waals surface area contributed by atoms with Gasteiger partial charge in [-0.05, 0) is 29.4 Å². The third kappa shape index (κ3) is 9.37. The van der Waals surface area contributed by atoms with Crippen molar-refractivity contribution in [2.75, 3.05) is 13.7 Å². The summed E-state index contributed by atoms with van der Waals surface area (Å²) in [6.07, 6.45) is -5.96. The van der Waals surface area contributed by atoms with Gasteiger partial charge in [0.15, 0.2) is 12.4 Å². The largest absolute Gasteiger partial charge is 0.465 e. The van der Waals surface area contributed by atoms with Gasteiger partial charge in [0, 0.05) is 19.8 Å². The molecule has 0 amide bonds. The van der Waals surface area contributed by atoms with Crippen LogP contribution < -0.4 is 0 Å². The van der Waals surface area contributed by atoms with Crippen molar-refractivity contribution >= 4 is 23.9 Å². The Balaban J connectivity index is 1.40. The molecule has 3 unspecified atom stereocenters. The highest BCUT2D eigenvalue weighted by Crippen LogP contribution is 2.45. The Morgan fingerprint density at radius 2 is 1.50 bits per heavy atom. The molecule has 0 radical (unpaired) electrons. The van der Waals surface area contributed by atoms with Crippen LogP contribution in [0.15, 0.2) is 60.7 Å². The third-order valence-corrected chi connectivity index (χ3v) is 10.1. The second kappa shape index (κ2) is 17.8. The Labute approximate surface area is 304 Å². The van der Waals surface area contributed by atoms with Crippen LogP contribution in [0.2, 0.25) is 0 Å². The van der Waals surface area contributed by atoms with E-state index in [1.165, 1.54) is 21.0 Å². The monoisotopic (exact) mass is 726 g/mol. The summed E-state index contributed by atoms with van der Waals surface area (Å²) in [6, 6.07) is 19.6. The summed E-state index contributed by atoms with van der Waals surface area (Å²) in [5, 5.41) is 0. The quantitative estimate of drug-likeness (QED) is 0.185. The lowest BCUT2D eigenvalue weighted by molar-refractivity contribution is -0.336. The van der Waals surface area contributed by atoms with Crippen molar-refractivity contribution in [2.24, 2.45) is 17.8 Å². The van der Waals surface area contributed by atoms with Crippen molar-refractivity contribution in [3.8, 4) is 0 Å². The molecule has 0 aromatic heterocycles. The number of hydrogen-bond acceptors (Lipinski definition) is 13. The first kappa shape index (κ1) is 39.3. The van der Waals surface area contributed by atoms with E-state index in [0.717, 1.165) is 11.1 Å². The zero-order valence-corrected chi connectivity index (χ0v) is 30.6. The van der Waals surface area contributed by atoms with Gasteiger partial charge in [-0.2, -0.15) is 0 Å². The SMILES string of the molecule is CC[C@@H](OC(C)=O)[C@@H](OC(C)=O)C1O[C@@](OCC2O[C@H](OCc3ccccc3)C(OCc3ccccc3)[C@@H](C)[C@@H]2C)(C(=O)OC)C[C@H]2OC(=O)C[C@@H]12. The van der Waals surface area contributed by atoms with Gasteiger partial charge in [-0.1, -0.05) is 81.4 Å². The van der Waals surface area contributed by atoms with E-state index in [1.807, 2.05) is 67.6 Å². The lowest BCUT2D eigenvalue weighted by atomic mass is 9.82. The third-order valence-electron chi connectivity index (χ3n) is 10.1. The molecule has 11 atom stereocenters. The molecule has 0 aliphatic carbocycles. The van der Waals surface area contributed by atoms with Gasteiger partial charge in [-0.15, -0.1) is 0 Å². The van der Waals surface area contributed by atoms with Gasteiger partial charge in [-0.25, -0.2) is 4.79 Å². The van der Waals surface area contributed by atoms with Crippen LogP contribution in [0.1, 0.15) is 65.0 Å². The molecule has 3 saturated heterocycles. The first-order valence-corrected chi connectivity index (χ1v) is 17.8. The molecule has 3 fully saturated rings. The average molecular weight is 727 g/mol. The average Bonchev–Trinajstić information content (AvgIpc) is 3.52. The fourth-order valence-electron chi connectivity index (χ4n) is 7.21. The zero-order chi connectivity index (χ0) is 37.4. The Morgan fingerprint density at radius 1 is 0.885 bits per heavy atom. The number of fused-ring (bicyclic) bond motifs is 1. The predicted octanol–water partition coefficient (Wildman–Crippen LogP) is 4.67. The van der Waals surface area contributed by atoms with Gasteiger partial charge in [0.05, 0.1) is 45.9 Å². The smallest absolute Gasteiger partial charge is 0.366 e. The van der Waals surface area contributed by atoms with E-state index in [1.54, 1.807) is 6.92 Å². The van der Waals surface area contributed by atoms with Gasteiger partial charge in [-0.3, -0.25) is 14.4 Å². The van der Waals surface area contributed by atoms with E-state index in [4.69, 9.17) is 42.6 Å². The molecule has 13 nitrogen and oxygen atoms in total. The number of esters is 4. The lowest BCUT2D eigenvalue weighted by Crippen LogP contribution is -2.62.